The van der Waals surface area contributed by atoms with E-state index < -0.39 is 17.5 Å². The first-order valence-electron chi connectivity index (χ1n) is 8.69. The molecule has 2 aromatic carbocycles. The minimum absolute atomic E-state index is 0.0229. The highest BCUT2D eigenvalue weighted by Crippen LogP contribution is 2.35. The summed E-state index contributed by atoms with van der Waals surface area (Å²) in [5.41, 5.74) is 0.771. The van der Waals surface area contributed by atoms with Gasteiger partial charge in [-0.2, -0.15) is 4.39 Å². The van der Waals surface area contributed by atoms with Crippen LogP contribution in [0.5, 0.6) is 5.75 Å². The molecule has 0 unspecified atom stereocenters. The molecule has 1 saturated carbocycles. The summed E-state index contributed by atoms with van der Waals surface area (Å²) >= 11 is 3.65. The van der Waals surface area contributed by atoms with Crippen molar-refractivity contribution >= 4 is 33.9 Å². The first-order valence-corrected chi connectivity index (χ1v) is 10.6. The molecule has 0 N–H and O–H groups in total. The highest BCUT2D eigenvalue weighted by Gasteiger charge is 2.21. The van der Waals surface area contributed by atoms with E-state index in [9.17, 15) is 13.2 Å². The molecule has 140 valence electrons. The average Bonchev–Trinajstić information content (AvgIpc) is 3.03. The fraction of sp³-hybridized carbons (Fsp3) is 0.238. The topological polar surface area (TPSA) is 9.23 Å². The molecule has 4 rings (SSSR count). The lowest BCUT2D eigenvalue weighted by Crippen LogP contribution is -2.19. The van der Waals surface area contributed by atoms with E-state index in [-0.39, 0.29) is 11.3 Å². The number of hydrogen-bond donors (Lipinski definition) is 0. The number of halogens is 4. The Morgan fingerprint density at radius 3 is 2.37 bits per heavy atom. The first-order chi connectivity index (χ1) is 13.0. The van der Waals surface area contributed by atoms with Crippen LogP contribution in [0.1, 0.15) is 19.3 Å². The van der Waals surface area contributed by atoms with Gasteiger partial charge in [0.25, 0.3) is 0 Å². The molecule has 6 heteroatoms. The van der Waals surface area contributed by atoms with Crippen LogP contribution in [0.2, 0.25) is 0 Å². The van der Waals surface area contributed by atoms with Crippen molar-refractivity contribution < 1.29 is 17.9 Å². The maximum atomic E-state index is 14.6. The number of ether oxygens (including phenoxy) is 1. The molecule has 1 aliphatic rings. The molecule has 0 saturated heterocycles. The Labute approximate surface area is 173 Å². The van der Waals surface area contributed by atoms with Gasteiger partial charge in [0.15, 0.2) is 11.6 Å². The van der Waals surface area contributed by atoms with Crippen LogP contribution >= 0.6 is 33.9 Å². The molecule has 0 amide bonds. The van der Waals surface area contributed by atoms with Crippen LogP contribution in [0.15, 0.2) is 42.5 Å². The Morgan fingerprint density at radius 2 is 1.74 bits per heavy atom. The van der Waals surface area contributed by atoms with Gasteiger partial charge in [-0.3, -0.25) is 0 Å². The van der Waals surface area contributed by atoms with E-state index in [0.29, 0.717) is 23.7 Å². The van der Waals surface area contributed by atoms with Gasteiger partial charge >= 0.3 is 0 Å². The van der Waals surface area contributed by atoms with Gasteiger partial charge in [-0.05, 0) is 83.3 Å². The first kappa shape index (κ1) is 18.8. The lowest BCUT2D eigenvalue weighted by atomic mass is 9.86. The molecule has 0 bridgehead atoms. The summed E-state index contributed by atoms with van der Waals surface area (Å²) in [6, 6.07) is 11.1. The van der Waals surface area contributed by atoms with Crippen LogP contribution in [0, 0.1) is 26.3 Å². The second-order valence-corrected chi connectivity index (χ2v) is 9.62. The third-order valence-electron chi connectivity index (χ3n) is 4.86. The van der Waals surface area contributed by atoms with Crippen molar-refractivity contribution in [3.63, 3.8) is 0 Å². The molecule has 1 fully saturated rings. The zero-order valence-electron chi connectivity index (χ0n) is 14.3. The Bertz CT molecular complexity index is 982. The third-order valence-corrected chi connectivity index (χ3v) is 6.79. The van der Waals surface area contributed by atoms with Gasteiger partial charge in [-0.1, -0.05) is 12.5 Å². The van der Waals surface area contributed by atoms with Crippen LogP contribution in [-0.2, 0) is 0 Å². The van der Waals surface area contributed by atoms with Gasteiger partial charge in [-0.25, -0.2) is 8.78 Å². The van der Waals surface area contributed by atoms with Gasteiger partial charge in [0, 0.05) is 16.0 Å². The lowest BCUT2D eigenvalue weighted by Gasteiger charge is -2.25. The average molecular weight is 500 g/mol. The summed E-state index contributed by atoms with van der Waals surface area (Å²) in [4.78, 5) is 0.801. The van der Waals surface area contributed by atoms with E-state index in [1.54, 1.807) is 12.1 Å². The summed E-state index contributed by atoms with van der Waals surface area (Å²) in [7, 11) is 0. The molecule has 3 aromatic rings. The predicted octanol–water partition coefficient (Wildman–Crippen LogP) is 7.28. The summed E-state index contributed by atoms with van der Waals surface area (Å²) in [5.74, 6) is -2.17. The molecule has 1 nitrogen and oxygen atoms in total. The van der Waals surface area contributed by atoms with Crippen molar-refractivity contribution in [2.75, 3.05) is 6.61 Å². The van der Waals surface area contributed by atoms with Crippen molar-refractivity contribution in [3.05, 3.63) is 62.8 Å². The van der Waals surface area contributed by atoms with Crippen LogP contribution in [0.25, 0.3) is 21.6 Å². The fourth-order valence-corrected chi connectivity index (χ4v) is 4.72. The minimum Gasteiger partial charge on any atom is -0.490 e. The van der Waals surface area contributed by atoms with E-state index in [1.165, 1.54) is 29.5 Å². The van der Waals surface area contributed by atoms with E-state index in [4.69, 9.17) is 4.74 Å². The lowest BCUT2D eigenvalue weighted by molar-refractivity contribution is 0.174. The Hall–Kier alpha value is -1.54. The Balaban J connectivity index is 1.60. The summed E-state index contributed by atoms with van der Waals surface area (Å²) in [6.07, 6.45) is 3.30. The van der Waals surface area contributed by atoms with Gasteiger partial charge < -0.3 is 4.74 Å². The van der Waals surface area contributed by atoms with Gasteiger partial charge in [0.1, 0.15) is 5.82 Å². The monoisotopic (exact) mass is 500 g/mol. The zero-order chi connectivity index (χ0) is 19.0. The molecule has 1 aliphatic carbocycles. The molecule has 1 aromatic heterocycles. The van der Waals surface area contributed by atoms with Crippen LogP contribution < -0.4 is 4.74 Å². The second kappa shape index (κ2) is 7.83. The molecule has 1 heterocycles. The molecule has 0 radical (unpaired) electrons. The number of rotatable bonds is 5. The third kappa shape index (κ3) is 3.87. The van der Waals surface area contributed by atoms with Gasteiger partial charge in [-0.15, -0.1) is 11.3 Å². The highest BCUT2D eigenvalue weighted by atomic mass is 127. The van der Waals surface area contributed by atoms with Crippen molar-refractivity contribution in [2.24, 2.45) is 5.92 Å². The highest BCUT2D eigenvalue weighted by molar-refractivity contribution is 14.1. The van der Waals surface area contributed by atoms with E-state index >= 15 is 0 Å². The molecular weight excluding hydrogens is 484 g/mol. The SMILES string of the molecule is Fc1cc(-c2ccc(OCC3CCC3)c(F)c2F)ccc1-c1ccc(I)s1. The fourth-order valence-electron chi connectivity index (χ4n) is 3.07. The smallest absolute Gasteiger partial charge is 0.201 e. The standard InChI is InChI=1S/C21H16F3IOS/c22-16-10-13(4-5-15(16)18-8-9-19(25)27-18)14-6-7-17(21(24)20(14)23)26-11-12-2-1-3-12/h4-10,12H,1-3,11H2. The Morgan fingerprint density at radius 1 is 0.963 bits per heavy atom. The molecule has 0 atom stereocenters. The maximum Gasteiger partial charge on any atom is 0.201 e. The second-order valence-electron chi connectivity index (χ2n) is 6.65. The Kier molecular flexibility index (Phi) is 5.45. The van der Waals surface area contributed by atoms with Crippen molar-refractivity contribution in [3.8, 4) is 27.3 Å². The van der Waals surface area contributed by atoms with Crippen molar-refractivity contribution in [1.82, 2.24) is 0 Å². The summed E-state index contributed by atoms with van der Waals surface area (Å²) in [6.45, 7) is 0.401. The predicted molar refractivity (Wildman–Crippen MR) is 111 cm³/mol. The number of thiophene rings is 1. The number of benzene rings is 2. The zero-order valence-corrected chi connectivity index (χ0v) is 17.2. The number of hydrogen-bond acceptors (Lipinski definition) is 2. The minimum atomic E-state index is -1.02. The molecular formula is C21H16F3IOS. The molecule has 0 spiro atoms. The van der Waals surface area contributed by atoms with Crippen molar-refractivity contribution in [2.45, 2.75) is 19.3 Å². The van der Waals surface area contributed by atoms with Gasteiger partial charge in [0.05, 0.1) is 9.49 Å². The van der Waals surface area contributed by atoms with Crippen LogP contribution in [0.3, 0.4) is 0 Å². The largest absolute Gasteiger partial charge is 0.490 e. The van der Waals surface area contributed by atoms with E-state index in [2.05, 4.69) is 22.6 Å². The van der Waals surface area contributed by atoms with E-state index in [1.807, 2.05) is 12.1 Å². The normalized spacial score (nSPS) is 14.2. The van der Waals surface area contributed by atoms with Crippen molar-refractivity contribution in [1.29, 1.82) is 0 Å². The summed E-state index contributed by atoms with van der Waals surface area (Å²) in [5, 5.41) is 0. The van der Waals surface area contributed by atoms with E-state index in [0.717, 1.165) is 27.0 Å². The quantitative estimate of drug-likeness (QED) is 0.335. The van der Waals surface area contributed by atoms with Gasteiger partial charge in [0.2, 0.25) is 5.82 Å². The molecule has 0 aliphatic heterocycles. The summed E-state index contributed by atoms with van der Waals surface area (Å²) < 4.78 is 50.0. The van der Waals surface area contributed by atoms with Crippen LogP contribution in [0.4, 0.5) is 13.2 Å². The van der Waals surface area contributed by atoms with Crippen LogP contribution in [-0.4, -0.2) is 6.61 Å². The molecule has 27 heavy (non-hydrogen) atoms. The maximum absolute atomic E-state index is 14.6.